The Labute approximate surface area is 68.3 Å². The van der Waals surface area contributed by atoms with E-state index in [1.165, 1.54) is 45.2 Å². The largest absolute Gasteiger partial charge is 0.253 e. The molecule has 0 unspecified atom stereocenters. The molecule has 0 radical (unpaired) electrons. The SMILES string of the molecule is SN1CCCC2(CCC2)C1. The quantitative estimate of drug-likeness (QED) is 0.527. The molecule has 1 aliphatic heterocycles. The number of nitrogens with zero attached hydrogens (tertiary/aromatic N) is 1. The lowest BCUT2D eigenvalue weighted by molar-refractivity contribution is 0.0612. The van der Waals surface area contributed by atoms with Crippen molar-refractivity contribution in [1.29, 1.82) is 0 Å². The van der Waals surface area contributed by atoms with Gasteiger partial charge in [0.2, 0.25) is 0 Å². The molecular weight excluding hydrogens is 142 g/mol. The summed E-state index contributed by atoms with van der Waals surface area (Å²) in [6, 6.07) is 0. The molecule has 0 aromatic rings. The van der Waals surface area contributed by atoms with Gasteiger partial charge >= 0.3 is 0 Å². The molecule has 2 rings (SSSR count). The van der Waals surface area contributed by atoms with Gasteiger partial charge in [0.1, 0.15) is 0 Å². The van der Waals surface area contributed by atoms with Gasteiger partial charge in [-0.25, -0.2) is 0 Å². The first-order valence-corrected chi connectivity index (χ1v) is 4.65. The van der Waals surface area contributed by atoms with Crippen LogP contribution in [-0.2, 0) is 0 Å². The molecule has 0 aromatic heterocycles. The van der Waals surface area contributed by atoms with Crippen LogP contribution >= 0.6 is 12.8 Å². The lowest BCUT2D eigenvalue weighted by Gasteiger charge is -2.47. The van der Waals surface area contributed by atoms with Crippen molar-refractivity contribution in [2.45, 2.75) is 32.1 Å². The molecular formula is C8H15NS. The van der Waals surface area contributed by atoms with Crippen LogP contribution in [0.2, 0.25) is 0 Å². The molecule has 0 N–H and O–H groups in total. The van der Waals surface area contributed by atoms with Crippen LogP contribution in [0.4, 0.5) is 0 Å². The van der Waals surface area contributed by atoms with Crippen LogP contribution in [0.3, 0.4) is 0 Å². The van der Waals surface area contributed by atoms with Gasteiger partial charge in [0.15, 0.2) is 0 Å². The standard InChI is InChI=1S/C8H15NS/c10-9-6-2-5-8(7-9)3-1-4-8/h10H,1-7H2. The number of thiol groups is 1. The Morgan fingerprint density at radius 1 is 1.10 bits per heavy atom. The molecule has 2 fully saturated rings. The molecule has 58 valence electrons. The van der Waals surface area contributed by atoms with Crippen LogP contribution in [0.25, 0.3) is 0 Å². The molecule has 10 heavy (non-hydrogen) atoms. The predicted molar refractivity (Wildman–Crippen MR) is 46.1 cm³/mol. The second kappa shape index (κ2) is 2.42. The highest BCUT2D eigenvalue weighted by Gasteiger charge is 2.39. The second-order valence-corrected chi connectivity index (χ2v) is 4.41. The van der Waals surface area contributed by atoms with Crippen molar-refractivity contribution in [3.05, 3.63) is 0 Å². The first-order chi connectivity index (χ1) is 4.81. The molecule has 1 nitrogen and oxygen atoms in total. The Kier molecular flexibility index (Phi) is 1.69. The lowest BCUT2D eigenvalue weighted by Crippen LogP contribution is -2.43. The number of piperidine rings is 1. The fourth-order valence-electron chi connectivity index (χ4n) is 2.27. The maximum atomic E-state index is 4.40. The molecule has 1 saturated carbocycles. The van der Waals surface area contributed by atoms with Crippen molar-refractivity contribution < 1.29 is 0 Å². The first kappa shape index (κ1) is 6.99. The van der Waals surface area contributed by atoms with Crippen molar-refractivity contribution in [3.63, 3.8) is 0 Å². The Bertz CT molecular complexity index is 131. The fraction of sp³-hybridized carbons (Fsp3) is 1.00. The summed E-state index contributed by atoms with van der Waals surface area (Å²) in [5, 5.41) is 0. The molecule has 0 aromatic carbocycles. The zero-order valence-electron chi connectivity index (χ0n) is 6.34. The van der Waals surface area contributed by atoms with Crippen molar-refractivity contribution in [1.82, 2.24) is 4.31 Å². The zero-order valence-corrected chi connectivity index (χ0v) is 7.24. The molecule has 2 heteroatoms. The highest BCUT2D eigenvalue weighted by Crippen LogP contribution is 2.47. The van der Waals surface area contributed by atoms with E-state index in [4.69, 9.17) is 0 Å². The first-order valence-electron chi connectivity index (χ1n) is 4.25. The van der Waals surface area contributed by atoms with Crippen LogP contribution in [0.1, 0.15) is 32.1 Å². The Balaban J connectivity index is 1.96. The summed E-state index contributed by atoms with van der Waals surface area (Å²) in [6.45, 7) is 2.45. The highest BCUT2D eigenvalue weighted by atomic mass is 32.1. The van der Waals surface area contributed by atoms with Crippen molar-refractivity contribution in [3.8, 4) is 0 Å². The summed E-state index contributed by atoms with van der Waals surface area (Å²) in [7, 11) is 0. The highest BCUT2D eigenvalue weighted by molar-refractivity contribution is 7.77. The average molecular weight is 157 g/mol. The van der Waals surface area contributed by atoms with E-state index in [2.05, 4.69) is 17.1 Å². The summed E-state index contributed by atoms with van der Waals surface area (Å²) < 4.78 is 2.20. The fourth-order valence-corrected chi connectivity index (χ4v) is 2.71. The third-order valence-corrected chi connectivity index (χ3v) is 3.40. The smallest absolute Gasteiger partial charge is 0.0144 e. The second-order valence-electron chi connectivity index (χ2n) is 3.85. The number of hydrogen-bond donors (Lipinski definition) is 1. The Morgan fingerprint density at radius 2 is 1.80 bits per heavy atom. The van der Waals surface area contributed by atoms with Crippen LogP contribution < -0.4 is 0 Å². The summed E-state index contributed by atoms with van der Waals surface area (Å²) in [5.74, 6) is 0. The molecule has 1 heterocycles. The number of hydrogen-bond acceptors (Lipinski definition) is 2. The van der Waals surface area contributed by atoms with Gasteiger partial charge in [-0.05, 0) is 31.1 Å². The molecule has 2 aliphatic rings. The number of rotatable bonds is 0. The Morgan fingerprint density at radius 3 is 2.20 bits per heavy atom. The van der Waals surface area contributed by atoms with Gasteiger partial charge in [-0.2, -0.15) is 0 Å². The summed E-state index contributed by atoms with van der Waals surface area (Å²) in [4.78, 5) is 0. The minimum absolute atomic E-state index is 0.722. The van der Waals surface area contributed by atoms with Gasteiger partial charge in [0.05, 0.1) is 0 Å². The maximum absolute atomic E-state index is 4.40. The van der Waals surface area contributed by atoms with E-state index in [-0.39, 0.29) is 0 Å². The predicted octanol–water partition coefficient (Wildman–Crippen LogP) is 2.10. The van der Waals surface area contributed by atoms with Gasteiger partial charge < -0.3 is 0 Å². The minimum Gasteiger partial charge on any atom is -0.253 e. The van der Waals surface area contributed by atoms with Gasteiger partial charge in [-0.3, -0.25) is 4.31 Å². The monoisotopic (exact) mass is 157 g/mol. The van der Waals surface area contributed by atoms with E-state index in [0.29, 0.717) is 0 Å². The van der Waals surface area contributed by atoms with E-state index in [1.54, 1.807) is 0 Å². The van der Waals surface area contributed by atoms with Gasteiger partial charge in [-0.15, -0.1) is 0 Å². The Hall–Kier alpha value is 0.310. The summed E-state index contributed by atoms with van der Waals surface area (Å²) in [6.07, 6.45) is 7.21. The normalized spacial score (nSPS) is 32.1. The van der Waals surface area contributed by atoms with Gasteiger partial charge in [0.25, 0.3) is 0 Å². The molecule has 1 saturated heterocycles. The van der Waals surface area contributed by atoms with E-state index >= 15 is 0 Å². The minimum atomic E-state index is 0.722. The lowest BCUT2D eigenvalue weighted by atomic mass is 9.65. The third-order valence-electron chi connectivity index (χ3n) is 3.06. The molecule has 1 aliphatic carbocycles. The molecule has 0 bridgehead atoms. The molecule has 0 atom stereocenters. The van der Waals surface area contributed by atoms with Crippen LogP contribution in [-0.4, -0.2) is 17.4 Å². The molecule has 0 amide bonds. The average Bonchev–Trinajstić information content (AvgIpc) is 1.85. The summed E-state index contributed by atoms with van der Waals surface area (Å²) in [5.41, 5.74) is 0.722. The summed E-state index contributed by atoms with van der Waals surface area (Å²) >= 11 is 4.40. The van der Waals surface area contributed by atoms with Crippen molar-refractivity contribution >= 4 is 12.8 Å². The van der Waals surface area contributed by atoms with Crippen molar-refractivity contribution in [2.24, 2.45) is 5.41 Å². The van der Waals surface area contributed by atoms with E-state index < -0.39 is 0 Å². The molecule has 1 spiro atoms. The van der Waals surface area contributed by atoms with E-state index in [1.807, 2.05) is 0 Å². The van der Waals surface area contributed by atoms with Gasteiger partial charge in [0, 0.05) is 13.1 Å². The van der Waals surface area contributed by atoms with Crippen LogP contribution in [0, 0.1) is 5.41 Å². The topological polar surface area (TPSA) is 3.24 Å². The van der Waals surface area contributed by atoms with Crippen LogP contribution in [0.15, 0.2) is 0 Å². The maximum Gasteiger partial charge on any atom is 0.0144 e. The van der Waals surface area contributed by atoms with Crippen LogP contribution in [0.5, 0.6) is 0 Å². The van der Waals surface area contributed by atoms with E-state index in [0.717, 1.165) is 5.41 Å². The third kappa shape index (κ3) is 1.08. The van der Waals surface area contributed by atoms with E-state index in [9.17, 15) is 0 Å². The zero-order chi connectivity index (χ0) is 7.03. The van der Waals surface area contributed by atoms with Gasteiger partial charge in [-0.1, -0.05) is 19.2 Å². The van der Waals surface area contributed by atoms with Crippen molar-refractivity contribution in [2.75, 3.05) is 13.1 Å².